The van der Waals surface area contributed by atoms with Crippen LogP contribution in [0.15, 0.2) is 30.3 Å². The van der Waals surface area contributed by atoms with Crippen molar-refractivity contribution in [3.63, 3.8) is 0 Å². The van der Waals surface area contributed by atoms with E-state index in [2.05, 4.69) is 17.1 Å². The van der Waals surface area contributed by atoms with E-state index in [1.54, 1.807) is 0 Å². The molecule has 0 amide bonds. The first-order chi connectivity index (χ1) is 8.24. The number of benzene rings is 1. The summed E-state index contributed by atoms with van der Waals surface area (Å²) in [5.41, 5.74) is 0.818. The van der Waals surface area contributed by atoms with Crippen LogP contribution in [0.25, 0.3) is 0 Å². The molecule has 1 unspecified atom stereocenters. The minimum Gasteiger partial charge on any atom is -0.380 e. The summed E-state index contributed by atoms with van der Waals surface area (Å²) in [6, 6.07) is 9.45. The predicted octanol–water partition coefficient (Wildman–Crippen LogP) is 2.43. The van der Waals surface area contributed by atoms with E-state index in [9.17, 15) is 5.11 Å². The zero-order valence-corrected chi connectivity index (χ0v) is 10.4. The second kappa shape index (κ2) is 5.25. The molecular formula is C12H15N3OS. The van der Waals surface area contributed by atoms with Crippen LogP contribution in [0, 0.1) is 4.77 Å². The third kappa shape index (κ3) is 2.45. The van der Waals surface area contributed by atoms with Crippen LogP contribution in [-0.4, -0.2) is 19.9 Å². The molecule has 90 valence electrons. The third-order valence-corrected chi connectivity index (χ3v) is 2.91. The van der Waals surface area contributed by atoms with Crippen LogP contribution < -0.4 is 0 Å². The molecule has 0 fully saturated rings. The van der Waals surface area contributed by atoms with Crippen molar-refractivity contribution in [1.29, 1.82) is 0 Å². The lowest BCUT2D eigenvalue weighted by Crippen LogP contribution is -2.10. The average Bonchev–Trinajstić information content (AvgIpc) is 2.72. The smallest absolute Gasteiger partial charge is 0.195 e. The Hall–Kier alpha value is -1.46. The highest BCUT2D eigenvalue weighted by Crippen LogP contribution is 2.20. The van der Waals surface area contributed by atoms with E-state index in [-0.39, 0.29) is 0 Å². The van der Waals surface area contributed by atoms with Gasteiger partial charge in [0.25, 0.3) is 0 Å². The van der Waals surface area contributed by atoms with Crippen LogP contribution in [0.3, 0.4) is 0 Å². The fourth-order valence-corrected chi connectivity index (χ4v) is 1.99. The zero-order chi connectivity index (χ0) is 12.3. The van der Waals surface area contributed by atoms with E-state index in [4.69, 9.17) is 12.2 Å². The Labute approximate surface area is 105 Å². The summed E-state index contributed by atoms with van der Waals surface area (Å²) in [6.07, 6.45) is 0.207. The largest absolute Gasteiger partial charge is 0.380 e. The summed E-state index contributed by atoms with van der Waals surface area (Å²) in [4.78, 5) is 0. The topological polar surface area (TPSA) is 53.8 Å². The molecule has 17 heavy (non-hydrogen) atoms. The molecule has 1 heterocycles. The van der Waals surface area contributed by atoms with Crippen LogP contribution in [0.2, 0.25) is 0 Å². The third-order valence-electron chi connectivity index (χ3n) is 2.59. The van der Waals surface area contributed by atoms with E-state index < -0.39 is 6.10 Å². The Morgan fingerprint density at radius 2 is 2.12 bits per heavy atom. The molecule has 4 nitrogen and oxygen atoms in total. The molecule has 0 saturated carbocycles. The Morgan fingerprint density at radius 3 is 2.76 bits per heavy atom. The summed E-state index contributed by atoms with van der Waals surface area (Å²) >= 11 is 5.14. The summed E-state index contributed by atoms with van der Waals surface area (Å²) in [6.45, 7) is 2.82. The van der Waals surface area contributed by atoms with Gasteiger partial charge in [-0.3, -0.25) is 5.10 Å². The molecule has 0 aliphatic heterocycles. The van der Waals surface area contributed by atoms with Gasteiger partial charge in [-0.25, -0.2) is 0 Å². The van der Waals surface area contributed by atoms with Gasteiger partial charge < -0.3 is 9.67 Å². The molecule has 2 aromatic rings. The number of rotatable bonds is 4. The van der Waals surface area contributed by atoms with Crippen molar-refractivity contribution in [1.82, 2.24) is 14.8 Å². The molecule has 0 saturated heterocycles. The Bertz CT molecular complexity index is 532. The second-order valence-electron chi connectivity index (χ2n) is 3.85. The van der Waals surface area contributed by atoms with Gasteiger partial charge in [-0.15, -0.1) is 0 Å². The second-order valence-corrected chi connectivity index (χ2v) is 4.24. The maximum absolute atomic E-state index is 10.3. The first kappa shape index (κ1) is 12.0. The maximum atomic E-state index is 10.3. The number of nitrogens with zero attached hydrogens (tertiary/aromatic N) is 2. The number of aromatic nitrogens is 3. The van der Waals surface area contributed by atoms with Crippen molar-refractivity contribution < 1.29 is 5.11 Å². The van der Waals surface area contributed by atoms with E-state index >= 15 is 0 Å². The van der Waals surface area contributed by atoms with Gasteiger partial charge in [0.1, 0.15) is 6.10 Å². The van der Waals surface area contributed by atoms with Crippen LogP contribution in [-0.2, 0) is 6.54 Å². The normalized spacial score (nSPS) is 12.6. The first-order valence-corrected chi connectivity index (χ1v) is 6.03. The lowest BCUT2D eigenvalue weighted by Gasteiger charge is -2.11. The van der Waals surface area contributed by atoms with Crippen molar-refractivity contribution >= 4 is 12.2 Å². The van der Waals surface area contributed by atoms with Crippen molar-refractivity contribution in [2.75, 3.05) is 0 Å². The molecule has 2 rings (SSSR count). The van der Waals surface area contributed by atoms with Crippen LogP contribution in [0.5, 0.6) is 0 Å². The number of aromatic amines is 1. The quantitative estimate of drug-likeness (QED) is 0.818. The van der Waals surface area contributed by atoms with E-state index in [1.165, 1.54) is 0 Å². The molecule has 0 aliphatic rings. The molecule has 0 spiro atoms. The fourth-order valence-electron chi connectivity index (χ4n) is 1.76. The Balaban J connectivity index is 2.37. The zero-order valence-electron chi connectivity index (χ0n) is 9.63. The van der Waals surface area contributed by atoms with Crippen molar-refractivity contribution in [3.8, 4) is 0 Å². The molecule has 5 heteroatoms. The summed E-state index contributed by atoms with van der Waals surface area (Å²) in [5.74, 6) is 0.572. The number of nitrogens with one attached hydrogen (secondary N) is 1. The van der Waals surface area contributed by atoms with E-state index in [1.807, 2.05) is 34.9 Å². The van der Waals surface area contributed by atoms with E-state index in [0.29, 0.717) is 10.6 Å². The molecular weight excluding hydrogens is 234 g/mol. The lowest BCUT2D eigenvalue weighted by atomic mass is 10.1. The molecule has 1 aromatic heterocycles. The monoisotopic (exact) mass is 249 g/mol. The highest BCUT2D eigenvalue weighted by molar-refractivity contribution is 7.71. The molecule has 0 aliphatic carbocycles. The minimum atomic E-state index is -0.740. The van der Waals surface area contributed by atoms with Gasteiger partial charge in [-0.2, -0.15) is 5.10 Å². The van der Waals surface area contributed by atoms with Gasteiger partial charge >= 0.3 is 0 Å². The average molecular weight is 249 g/mol. The van der Waals surface area contributed by atoms with Gasteiger partial charge in [0.15, 0.2) is 10.6 Å². The fraction of sp³-hybridized carbons (Fsp3) is 0.333. The molecule has 0 bridgehead atoms. The van der Waals surface area contributed by atoms with Gasteiger partial charge in [0.05, 0.1) is 0 Å². The first-order valence-electron chi connectivity index (χ1n) is 5.62. The number of aliphatic hydroxyl groups excluding tert-OH is 1. The van der Waals surface area contributed by atoms with Crippen LogP contribution in [0.1, 0.15) is 30.8 Å². The standard InChI is InChI=1S/C12H15N3OS/c1-2-8-15-11(13-14-12(15)17)10(16)9-6-4-3-5-7-9/h3-7,10,16H,2,8H2,1H3,(H,14,17). The summed E-state index contributed by atoms with van der Waals surface area (Å²) < 4.78 is 2.39. The number of hydrogen-bond donors (Lipinski definition) is 2. The SMILES string of the molecule is CCCn1c(C(O)c2ccccc2)n[nH]c1=S. The van der Waals surface area contributed by atoms with Gasteiger partial charge in [0, 0.05) is 6.54 Å². The van der Waals surface area contributed by atoms with Gasteiger partial charge in [-0.1, -0.05) is 37.3 Å². The number of H-pyrrole nitrogens is 1. The molecule has 1 aromatic carbocycles. The minimum absolute atomic E-state index is 0.553. The molecule has 1 atom stereocenters. The van der Waals surface area contributed by atoms with Gasteiger partial charge in [0.2, 0.25) is 0 Å². The van der Waals surface area contributed by atoms with E-state index in [0.717, 1.165) is 18.5 Å². The van der Waals surface area contributed by atoms with Crippen LogP contribution >= 0.6 is 12.2 Å². The van der Waals surface area contributed by atoms with Gasteiger partial charge in [-0.05, 0) is 24.2 Å². The Kier molecular flexibility index (Phi) is 3.71. The Morgan fingerprint density at radius 1 is 1.41 bits per heavy atom. The maximum Gasteiger partial charge on any atom is 0.195 e. The highest BCUT2D eigenvalue weighted by Gasteiger charge is 2.17. The molecule has 2 N–H and O–H groups in total. The van der Waals surface area contributed by atoms with Crippen molar-refractivity contribution in [2.24, 2.45) is 0 Å². The van der Waals surface area contributed by atoms with Crippen molar-refractivity contribution in [2.45, 2.75) is 26.0 Å². The van der Waals surface area contributed by atoms with Crippen LogP contribution in [0.4, 0.5) is 0 Å². The predicted molar refractivity (Wildman–Crippen MR) is 68.2 cm³/mol. The number of aliphatic hydroxyl groups is 1. The highest BCUT2D eigenvalue weighted by atomic mass is 32.1. The number of hydrogen-bond acceptors (Lipinski definition) is 3. The summed E-state index contributed by atoms with van der Waals surface area (Å²) in [5, 5.41) is 17.1. The summed E-state index contributed by atoms with van der Waals surface area (Å²) in [7, 11) is 0. The molecule has 0 radical (unpaired) electrons. The lowest BCUT2D eigenvalue weighted by molar-refractivity contribution is 0.203. The van der Waals surface area contributed by atoms with Crippen molar-refractivity contribution in [3.05, 3.63) is 46.5 Å².